The van der Waals surface area contributed by atoms with Crippen LogP contribution in [0.25, 0.3) is 0 Å². The summed E-state index contributed by atoms with van der Waals surface area (Å²) in [4.78, 5) is 11.3. The van der Waals surface area contributed by atoms with Crippen LogP contribution in [0, 0.1) is 11.3 Å². The molecule has 0 bridgehead atoms. The van der Waals surface area contributed by atoms with Gasteiger partial charge in [0, 0.05) is 13.1 Å². The van der Waals surface area contributed by atoms with Crippen LogP contribution in [0.2, 0.25) is 0 Å². The Labute approximate surface area is 114 Å². The lowest BCUT2D eigenvalue weighted by Gasteiger charge is -2.05. The molecular weight excluding hydrogens is 260 g/mol. The number of carboxylic acids is 1. The average molecular weight is 272 g/mol. The molecule has 0 amide bonds. The van der Waals surface area contributed by atoms with Gasteiger partial charge < -0.3 is 10.4 Å². The molecule has 0 saturated carbocycles. The van der Waals surface area contributed by atoms with Crippen molar-refractivity contribution < 1.29 is 9.90 Å². The molecule has 0 radical (unpaired) electrons. The molecule has 19 heavy (non-hydrogen) atoms. The third kappa shape index (κ3) is 3.41. The van der Waals surface area contributed by atoms with Crippen molar-refractivity contribution in [2.75, 3.05) is 0 Å². The summed E-state index contributed by atoms with van der Waals surface area (Å²) in [7, 11) is 0. The van der Waals surface area contributed by atoms with Gasteiger partial charge in [0.05, 0.1) is 11.6 Å². The lowest BCUT2D eigenvalue weighted by atomic mass is 10.1. The first-order valence-corrected chi connectivity index (χ1v) is 6.58. The van der Waals surface area contributed by atoms with Gasteiger partial charge in [-0.3, -0.25) is 0 Å². The van der Waals surface area contributed by atoms with Crippen molar-refractivity contribution in [2.24, 2.45) is 0 Å². The predicted molar refractivity (Wildman–Crippen MR) is 73.0 cm³/mol. The summed E-state index contributed by atoms with van der Waals surface area (Å²) in [6.45, 7) is 1.16. The lowest BCUT2D eigenvalue weighted by Crippen LogP contribution is -2.14. The fourth-order valence-electron chi connectivity index (χ4n) is 1.70. The fraction of sp³-hybridized carbons (Fsp3) is 0.143. The van der Waals surface area contributed by atoms with Gasteiger partial charge in [-0.2, -0.15) is 5.26 Å². The Bertz CT molecular complexity index is 611. The van der Waals surface area contributed by atoms with E-state index in [1.807, 2.05) is 18.2 Å². The molecule has 2 aromatic rings. The van der Waals surface area contributed by atoms with Crippen molar-refractivity contribution in [2.45, 2.75) is 13.1 Å². The van der Waals surface area contributed by atoms with Crippen LogP contribution in [0.15, 0.2) is 35.7 Å². The Morgan fingerprint density at radius 1 is 1.26 bits per heavy atom. The second-order valence-electron chi connectivity index (χ2n) is 3.99. The maximum absolute atomic E-state index is 10.9. The number of nitriles is 1. The zero-order valence-electron chi connectivity index (χ0n) is 10.1. The topological polar surface area (TPSA) is 73.1 Å². The Morgan fingerprint density at radius 3 is 2.63 bits per heavy atom. The molecule has 1 aromatic carbocycles. The highest BCUT2D eigenvalue weighted by Crippen LogP contribution is 2.16. The maximum Gasteiger partial charge on any atom is 0.346 e. The van der Waals surface area contributed by atoms with Gasteiger partial charge >= 0.3 is 5.97 Å². The Hall–Kier alpha value is -2.16. The average Bonchev–Trinajstić information content (AvgIpc) is 2.88. The van der Waals surface area contributed by atoms with Crippen LogP contribution in [0.5, 0.6) is 0 Å². The molecule has 0 saturated heterocycles. The van der Waals surface area contributed by atoms with Crippen LogP contribution in [0.4, 0.5) is 0 Å². The SMILES string of the molecule is N#Cc1ccc(CNCc2ccsc2C(=O)O)cc1. The van der Waals surface area contributed by atoms with E-state index in [1.165, 1.54) is 11.3 Å². The number of carboxylic acid groups (broad SMARTS) is 1. The van der Waals surface area contributed by atoms with E-state index < -0.39 is 5.97 Å². The summed E-state index contributed by atoms with van der Waals surface area (Å²) in [5.74, 6) is -0.884. The number of thiophene rings is 1. The summed E-state index contributed by atoms with van der Waals surface area (Å²) in [5, 5.41) is 22.6. The summed E-state index contributed by atoms with van der Waals surface area (Å²) in [5.41, 5.74) is 2.49. The van der Waals surface area contributed by atoms with Gasteiger partial charge in [0.2, 0.25) is 0 Å². The fourth-order valence-corrected chi connectivity index (χ4v) is 2.46. The van der Waals surface area contributed by atoms with Crippen molar-refractivity contribution >= 4 is 17.3 Å². The minimum atomic E-state index is -0.884. The number of carbonyl (C=O) groups is 1. The molecule has 1 heterocycles. The zero-order chi connectivity index (χ0) is 13.7. The van der Waals surface area contributed by atoms with E-state index in [4.69, 9.17) is 10.4 Å². The highest BCUT2D eigenvalue weighted by atomic mass is 32.1. The van der Waals surface area contributed by atoms with E-state index in [0.29, 0.717) is 23.5 Å². The summed E-state index contributed by atoms with van der Waals surface area (Å²) >= 11 is 1.23. The molecule has 0 aliphatic heterocycles. The number of nitrogens with zero attached hydrogens (tertiary/aromatic N) is 1. The molecular formula is C14H12N2O2S. The third-order valence-corrected chi connectivity index (χ3v) is 3.61. The molecule has 1 aromatic heterocycles. The molecule has 5 heteroatoms. The smallest absolute Gasteiger partial charge is 0.346 e. The van der Waals surface area contributed by atoms with Crippen LogP contribution in [0.3, 0.4) is 0 Å². The number of nitrogens with one attached hydrogen (secondary N) is 1. The second kappa shape index (κ2) is 6.14. The molecule has 0 fully saturated rings. The summed E-state index contributed by atoms with van der Waals surface area (Å²) < 4.78 is 0. The Kier molecular flexibility index (Phi) is 4.29. The second-order valence-corrected chi connectivity index (χ2v) is 4.91. The Balaban J connectivity index is 1.91. The maximum atomic E-state index is 10.9. The van der Waals surface area contributed by atoms with Crippen LogP contribution in [0.1, 0.15) is 26.4 Å². The van der Waals surface area contributed by atoms with Gasteiger partial charge in [-0.15, -0.1) is 11.3 Å². The highest BCUT2D eigenvalue weighted by molar-refractivity contribution is 7.12. The van der Waals surface area contributed by atoms with Crippen molar-refractivity contribution in [3.05, 3.63) is 57.3 Å². The largest absolute Gasteiger partial charge is 0.477 e. The van der Waals surface area contributed by atoms with Gasteiger partial charge in [-0.1, -0.05) is 12.1 Å². The molecule has 0 aliphatic rings. The molecule has 4 nitrogen and oxygen atoms in total. The van der Waals surface area contributed by atoms with Crippen molar-refractivity contribution in [1.29, 1.82) is 5.26 Å². The van der Waals surface area contributed by atoms with E-state index in [1.54, 1.807) is 17.5 Å². The van der Waals surface area contributed by atoms with Crippen molar-refractivity contribution in [3.63, 3.8) is 0 Å². The highest BCUT2D eigenvalue weighted by Gasteiger charge is 2.10. The first-order chi connectivity index (χ1) is 9.20. The number of rotatable bonds is 5. The van der Waals surface area contributed by atoms with Gasteiger partial charge in [-0.05, 0) is 34.7 Å². The first-order valence-electron chi connectivity index (χ1n) is 5.70. The monoisotopic (exact) mass is 272 g/mol. The quantitative estimate of drug-likeness (QED) is 0.877. The van der Waals surface area contributed by atoms with Gasteiger partial charge in [0.15, 0.2) is 0 Å². The molecule has 0 spiro atoms. The summed E-state index contributed by atoms with van der Waals surface area (Å²) in [6, 6.07) is 11.2. The first kappa shape index (κ1) is 13.3. The van der Waals surface area contributed by atoms with Crippen LogP contribution >= 0.6 is 11.3 Å². The molecule has 0 atom stereocenters. The van der Waals surface area contributed by atoms with E-state index >= 15 is 0 Å². The van der Waals surface area contributed by atoms with Gasteiger partial charge in [0.25, 0.3) is 0 Å². The lowest BCUT2D eigenvalue weighted by molar-refractivity contribution is 0.0701. The molecule has 2 N–H and O–H groups in total. The van der Waals surface area contributed by atoms with Gasteiger partial charge in [0.1, 0.15) is 4.88 Å². The van der Waals surface area contributed by atoms with E-state index in [-0.39, 0.29) is 0 Å². The number of hydrogen-bond donors (Lipinski definition) is 2. The minimum Gasteiger partial charge on any atom is -0.477 e. The molecule has 0 unspecified atom stereocenters. The van der Waals surface area contributed by atoms with Crippen molar-refractivity contribution in [3.8, 4) is 6.07 Å². The van der Waals surface area contributed by atoms with Crippen LogP contribution in [-0.2, 0) is 13.1 Å². The van der Waals surface area contributed by atoms with E-state index in [0.717, 1.165) is 11.1 Å². The molecule has 0 aliphatic carbocycles. The number of aromatic carboxylic acids is 1. The standard InChI is InChI=1S/C14H12N2O2S/c15-7-10-1-3-11(4-2-10)8-16-9-12-5-6-19-13(12)14(17)18/h1-6,16H,8-9H2,(H,17,18). The van der Waals surface area contributed by atoms with E-state index in [2.05, 4.69) is 11.4 Å². The molecule has 96 valence electrons. The third-order valence-electron chi connectivity index (χ3n) is 2.67. The van der Waals surface area contributed by atoms with Crippen LogP contribution < -0.4 is 5.32 Å². The summed E-state index contributed by atoms with van der Waals surface area (Å²) in [6.07, 6.45) is 0. The number of hydrogen-bond acceptors (Lipinski definition) is 4. The van der Waals surface area contributed by atoms with E-state index in [9.17, 15) is 4.79 Å². The van der Waals surface area contributed by atoms with Crippen LogP contribution in [-0.4, -0.2) is 11.1 Å². The Morgan fingerprint density at radius 2 is 2.00 bits per heavy atom. The van der Waals surface area contributed by atoms with Crippen molar-refractivity contribution in [1.82, 2.24) is 5.32 Å². The predicted octanol–water partition coefficient (Wildman–Crippen LogP) is 2.61. The minimum absolute atomic E-state index is 0.382. The van der Waals surface area contributed by atoms with Gasteiger partial charge in [-0.25, -0.2) is 4.79 Å². The zero-order valence-corrected chi connectivity index (χ0v) is 10.9. The normalized spacial score (nSPS) is 10.1. The molecule has 2 rings (SSSR count). The number of benzene rings is 1.